The van der Waals surface area contributed by atoms with E-state index in [0.29, 0.717) is 0 Å². The van der Waals surface area contributed by atoms with Crippen molar-refractivity contribution >= 4 is 63.9 Å². The number of carbonyl (C=O) groups excluding carboxylic acids is 3. The van der Waals surface area contributed by atoms with Crippen LogP contribution in [-0.4, -0.2) is 96.6 Å². The van der Waals surface area contributed by atoms with Crippen molar-refractivity contribution in [1.82, 2.24) is 19.6 Å². The molecular weight excluding hydrogens is 524 g/mol. The smallest absolute Gasteiger partial charge is 0.379 e. The standard InChI is InChI=1S/C18H20N6O10S2/c1-6(25)33-4-7-5-35-14-9(13(27)24(14)10(7)15(28)29)20-12(26)8(11-21-17(19)36-23-11)22-34-18(2,32-3)16(30)31/h9,14H,4-5H2,1-3H3,(H,20,26)(H,28,29)(H,30,31)(H2,19,21,23)/t9-,14+,18?/m1/s1. The number of thioether (sulfide) groups is 1. The quantitative estimate of drug-likeness (QED) is 0.0871. The fourth-order valence-corrected chi connectivity index (χ4v) is 4.77. The third-order valence-corrected chi connectivity index (χ3v) is 6.83. The Morgan fingerprint density at radius 3 is 2.56 bits per heavy atom. The molecule has 1 unspecified atom stereocenters. The fraction of sp³-hybridized carbons (Fsp3) is 0.444. The lowest BCUT2D eigenvalue weighted by atomic mass is 10.0. The Bertz CT molecular complexity index is 1180. The molecule has 36 heavy (non-hydrogen) atoms. The summed E-state index contributed by atoms with van der Waals surface area (Å²) in [5.41, 5.74) is 4.86. The molecule has 1 aromatic rings. The van der Waals surface area contributed by atoms with E-state index in [1.54, 1.807) is 0 Å². The molecule has 0 saturated carbocycles. The van der Waals surface area contributed by atoms with E-state index in [9.17, 15) is 34.2 Å². The maximum atomic E-state index is 13.0. The Labute approximate surface area is 210 Å². The molecule has 5 N–H and O–H groups in total. The van der Waals surface area contributed by atoms with Crippen molar-refractivity contribution < 1.29 is 48.5 Å². The molecule has 1 saturated heterocycles. The predicted octanol–water partition coefficient (Wildman–Crippen LogP) is -1.41. The third kappa shape index (κ3) is 5.24. The second kappa shape index (κ2) is 10.5. The number of anilines is 1. The van der Waals surface area contributed by atoms with E-state index in [1.165, 1.54) is 6.92 Å². The van der Waals surface area contributed by atoms with E-state index in [4.69, 9.17) is 20.0 Å². The van der Waals surface area contributed by atoms with Crippen LogP contribution in [-0.2, 0) is 38.3 Å². The van der Waals surface area contributed by atoms with E-state index in [0.717, 1.165) is 42.2 Å². The number of nitrogens with two attached hydrogens (primary N) is 1. The highest BCUT2D eigenvalue weighted by molar-refractivity contribution is 8.00. The van der Waals surface area contributed by atoms with Crippen LogP contribution < -0.4 is 11.1 Å². The average Bonchev–Trinajstić information content (AvgIpc) is 3.25. The van der Waals surface area contributed by atoms with Crippen LogP contribution in [0.15, 0.2) is 16.4 Å². The summed E-state index contributed by atoms with van der Waals surface area (Å²) in [5.74, 6) is -7.74. The maximum absolute atomic E-state index is 13.0. The van der Waals surface area contributed by atoms with Gasteiger partial charge >= 0.3 is 23.7 Å². The minimum absolute atomic E-state index is 0.0245. The Balaban J connectivity index is 1.83. The number of aromatic nitrogens is 2. The monoisotopic (exact) mass is 544 g/mol. The molecule has 3 heterocycles. The minimum atomic E-state index is -2.26. The van der Waals surface area contributed by atoms with Gasteiger partial charge in [0.15, 0.2) is 5.13 Å². The van der Waals surface area contributed by atoms with Crippen LogP contribution in [0.5, 0.6) is 0 Å². The number of esters is 1. The van der Waals surface area contributed by atoms with Crippen molar-refractivity contribution in [2.75, 3.05) is 25.2 Å². The fourth-order valence-electron chi connectivity index (χ4n) is 3.00. The first-order valence-electron chi connectivity index (χ1n) is 9.88. The molecule has 194 valence electrons. The Hall–Kier alpha value is -3.77. The molecule has 18 heteroatoms. The number of hydrogen-bond acceptors (Lipinski definition) is 14. The number of carboxylic acids is 2. The largest absolute Gasteiger partial charge is 0.477 e. The zero-order chi connectivity index (χ0) is 26.8. The lowest BCUT2D eigenvalue weighted by Crippen LogP contribution is -2.71. The number of nitrogen functional groups attached to an aromatic ring is 1. The molecule has 0 aliphatic carbocycles. The summed E-state index contributed by atoms with van der Waals surface area (Å²) in [4.78, 5) is 69.9. The highest BCUT2D eigenvalue weighted by Crippen LogP contribution is 2.40. The number of carboxylic acid groups (broad SMARTS) is 2. The molecule has 2 aliphatic rings. The van der Waals surface area contributed by atoms with Crippen LogP contribution >= 0.6 is 23.3 Å². The summed E-state index contributed by atoms with van der Waals surface area (Å²) in [5, 5.41) is 24.1. The number of nitrogens with one attached hydrogen (secondary N) is 1. The molecule has 0 spiro atoms. The number of aliphatic carboxylic acids is 2. The average molecular weight is 545 g/mol. The van der Waals surface area contributed by atoms with E-state index < -0.39 is 52.6 Å². The summed E-state index contributed by atoms with van der Waals surface area (Å²) >= 11 is 1.87. The van der Waals surface area contributed by atoms with Crippen molar-refractivity contribution in [2.45, 2.75) is 31.1 Å². The van der Waals surface area contributed by atoms with Crippen LogP contribution in [0.25, 0.3) is 0 Å². The van der Waals surface area contributed by atoms with E-state index in [1.807, 2.05) is 0 Å². The van der Waals surface area contributed by atoms with Crippen LogP contribution in [0.4, 0.5) is 5.13 Å². The summed E-state index contributed by atoms with van der Waals surface area (Å²) < 4.78 is 13.5. The number of hydrogen-bond donors (Lipinski definition) is 4. The van der Waals surface area contributed by atoms with Crippen molar-refractivity contribution in [2.24, 2.45) is 5.16 Å². The van der Waals surface area contributed by atoms with Gasteiger partial charge in [-0.15, -0.1) is 11.8 Å². The Morgan fingerprint density at radius 2 is 2.03 bits per heavy atom. The third-order valence-electron chi connectivity index (χ3n) is 4.94. The molecule has 0 aromatic carbocycles. The van der Waals surface area contributed by atoms with Gasteiger partial charge in [0, 0.05) is 43.8 Å². The minimum Gasteiger partial charge on any atom is -0.477 e. The van der Waals surface area contributed by atoms with Crippen LogP contribution in [0.3, 0.4) is 0 Å². The van der Waals surface area contributed by atoms with Crippen molar-refractivity contribution in [3.05, 3.63) is 17.1 Å². The van der Waals surface area contributed by atoms with Crippen LogP contribution in [0.1, 0.15) is 19.7 Å². The van der Waals surface area contributed by atoms with Crippen molar-refractivity contribution in [3.63, 3.8) is 0 Å². The van der Waals surface area contributed by atoms with Gasteiger partial charge in [-0.1, -0.05) is 5.16 Å². The van der Waals surface area contributed by atoms with Gasteiger partial charge in [-0.05, 0) is 0 Å². The summed E-state index contributed by atoms with van der Waals surface area (Å²) in [7, 11) is 1.05. The van der Waals surface area contributed by atoms with Gasteiger partial charge in [-0.25, -0.2) is 9.59 Å². The number of nitrogens with zero attached hydrogens (tertiary/aromatic N) is 4. The van der Waals surface area contributed by atoms with Gasteiger partial charge in [0.05, 0.1) is 0 Å². The first-order valence-corrected chi connectivity index (χ1v) is 11.7. The molecule has 0 bridgehead atoms. The number of β-lactam (4-membered cyclic amide) rings is 1. The number of ether oxygens (including phenoxy) is 2. The van der Waals surface area contributed by atoms with Gasteiger partial charge in [0.25, 0.3) is 11.8 Å². The molecule has 2 aliphatic heterocycles. The van der Waals surface area contributed by atoms with Gasteiger partial charge in [-0.2, -0.15) is 9.36 Å². The number of methoxy groups -OCH3 is 1. The lowest BCUT2D eigenvalue weighted by Gasteiger charge is -2.49. The summed E-state index contributed by atoms with van der Waals surface area (Å²) in [6.07, 6.45) is 0. The first-order chi connectivity index (χ1) is 16.9. The normalized spacial score (nSPS) is 21.1. The molecular formula is C18H20N6O10S2. The number of fused-ring (bicyclic) bond motifs is 1. The van der Waals surface area contributed by atoms with Gasteiger partial charge < -0.3 is 35.6 Å². The molecule has 3 rings (SSSR count). The number of rotatable bonds is 10. The summed E-state index contributed by atoms with van der Waals surface area (Å²) in [6, 6.07) is -1.17. The zero-order valence-corrected chi connectivity index (χ0v) is 20.5. The van der Waals surface area contributed by atoms with Crippen LogP contribution in [0.2, 0.25) is 0 Å². The van der Waals surface area contributed by atoms with Crippen molar-refractivity contribution in [3.8, 4) is 0 Å². The molecule has 0 radical (unpaired) electrons. The molecule has 2 amide bonds. The van der Waals surface area contributed by atoms with Gasteiger partial charge in [0.1, 0.15) is 23.7 Å². The van der Waals surface area contributed by atoms with E-state index in [2.05, 4.69) is 19.8 Å². The summed E-state index contributed by atoms with van der Waals surface area (Å²) in [6.45, 7) is 1.90. The molecule has 1 fully saturated rings. The first kappa shape index (κ1) is 26.8. The van der Waals surface area contributed by atoms with Crippen LogP contribution in [0, 0.1) is 0 Å². The van der Waals surface area contributed by atoms with E-state index in [-0.39, 0.29) is 34.6 Å². The second-order valence-corrected chi connectivity index (χ2v) is 9.23. The van der Waals surface area contributed by atoms with Crippen molar-refractivity contribution in [1.29, 1.82) is 0 Å². The van der Waals surface area contributed by atoms with E-state index >= 15 is 0 Å². The number of oxime groups is 1. The Morgan fingerprint density at radius 1 is 1.33 bits per heavy atom. The molecule has 1 aromatic heterocycles. The number of carbonyl (C=O) groups is 5. The van der Waals surface area contributed by atoms with Gasteiger partial charge in [0.2, 0.25) is 11.5 Å². The topological polar surface area (TPSA) is 233 Å². The maximum Gasteiger partial charge on any atom is 0.379 e. The Kier molecular flexibility index (Phi) is 7.80. The lowest BCUT2D eigenvalue weighted by molar-refractivity contribution is -0.227. The predicted molar refractivity (Wildman–Crippen MR) is 121 cm³/mol. The second-order valence-electron chi connectivity index (χ2n) is 7.34. The highest BCUT2D eigenvalue weighted by atomic mass is 32.2. The van der Waals surface area contributed by atoms with Gasteiger partial charge in [-0.3, -0.25) is 19.3 Å². The number of amides is 2. The zero-order valence-electron chi connectivity index (χ0n) is 18.9. The SMILES string of the molecule is COC(C)(ON=C(C(=O)N[C@@H]1C(=O)N2C(C(=O)O)=C(COC(C)=O)CS[C@@H]12)c1nsc(N)n1)C(=O)O. The molecule has 16 nitrogen and oxygen atoms in total. The highest BCUT2D eigenvalue weighted by Gasteiger charge is 2.54. The molecule has 3 atom stereocenters.